The van der Waals surface area contributed by atoms with Crippen molar-refractivity contribution in [1.82, 2.24) is 0 Å². The van der Waals surface area contributed by atoms with E-state index in [9.17, 15) is 22.6 Å². The van der Waals surface area contributed by atoms with Crippen LogP contribution >= 0.6 is 0 Å². The average Bonchev–Trinajstić information content (AvgIpc) is 2.59. The van der Waals surface area contributed by atoms with Crippen molar-refractivity contribution < 1.29 is 66.3 Å². The van der Waals surface area contributed by atoms with Crippen LogP contribution in [-0.4, -0.2) is 39.1 Å². The van der Waals surface area contributed by atoms with Gasteiger partial charge in [0.15, 0.2) is 0 Å². The maximum atomic E-state index is 11.7. The van der Waals surface area contributed by atoms with Gasteiger partial charge in [0, 0.05) is 10.6 Å². The van der Waals surface area contributed by atoms with Gasteiger partial charge in [0.2, 0.25) is 0 Å². The molecular formula is C16H13NaO8S. The molecule has 0 fully saturated rings. The van der Waals surface area contributed by atoms with E-state index in [1.807, 2.05) is 0 Å². The van der Waals surface area contributed by atoms with E-state index >= 15 is 0 Å². The van der Waals surface area contributed by atoms with Crippen molar-refractivity contribution in [3.05, 3.63) is 53.6 Å². The Morgan fingerprint density at radius 1 is 1.04 bits per heavy atom. The predicted octanol–water partition coefficient (Wildman–Crippen LogP) is -0.897. The van der Waals surface area contributed by atoms with Gasteiger partial charge in [0.25, 0.3) is 10.1 Å². The van der Waals surface area contributed by atoms with Crippen LogP contribution in [0.25, 0.3) is 0 Å². The number of esters is 2. The van der Waals surface area contributed by atoms with E-state index in [-0.39, 0.29) is 52.2 Å². The van der Waals surface area contributed by atoms with E-state index in [1.54, 1.807) is 0 Å². The average molecular weight is 388 g/mol. The standard InChI is InChI=1S/C16H13O8S.Na/c1-22-15(17)10-7-11(16(18)23-2)9-12(8-10)24-13-5-3-4-6-14(13)25(19,20)21;/h3-5,7-9H,1-2H3,(H,19,20,21);/q-1;+1. The van der Waals surface area contributed by atoms with Gasteiger partial charge in [-0.1, -0.05) is 0 Å². The molecule has 2 aromatic carbocycles. The third-order valence-corrected chi connectivity index (χ3v) is 3.85. The first-order chi connectivity index (χ1) is 11.8. The molecule has 26 heavy (non-hydrogen) atoms. The largest absolute Gasteiger partial charge is 1.00 e. The third kappa shape index (κ3) is 5.29. The molecule has 0 heterocycles. The second-order valence-corrected chi connectivity index (χ2v) is 6.03. The van der Waals surface area contributed by atoms with Gasteiger partial charge in [0.1, 0.15) is 5.75 Å². The fourth-order valence-electron chi connectivity index (χ4n) is 1.94. The molecule has 0 saturated heterocycles. The quantitative estimate of drug-likeness (QED) is 0.303. The van der Waals surface area contributed by atoms with E-state index in [4.69, 9.17) is 4.74 Å². The Morgan fingerprint density at radius 2 is 1.58 bits per heavy atom. The summed E-state index contributed by atoms with van der Waals surface area (Å²) in [6.45, 7) is 0. The van der Waals surface area contributed by atoms with E-state index in [2.05, 4.69) is 15.5 Å². The van der Waals surface area contributed by atoms with Crippen molar-refractivity contribution in [2.75, 3.05) is 14.2 Å². The fourth-order valence-corrected chi connectivity index (χ4v) is 2.53. The zero-order chi connectivity index (χ0) is 18.6. The zero-order valence-electron chi connectivity index (χ0n) is 14.2. The Balaban J connectivity index is 0.00000338. The van der Waals surface area contributed by atoms with Crippen LogP contribution in [-0.2, 0) is 19.6 Å². The minimum absolute atomic E-state index is 0. The van der Waals surface area contributed by atoms with E-state index < -0.39 is 27.0 Å². The Kier molecular flexibility index (Phi) is 7.79. The number of ether oxygens (including phenoxy) is 3. The molecule has 2 rings (SSSR count). The van der Waals surface area contributed by atoms with Gasteiger partial charge in [-0.25, -0.2) is 9.59 Å². The van der Waals surface area contributed by atoms with Crippen LogP contribution in [0.2, 0.25) is 0 Å². The van der Waals surface area contributed by atoms with Crippen LogP contribution in [0.4, 0.5) is 0 Å². The number of carbonyl (C=O) groups excluding carboxylic acids is 2. The molecule has 2 aromatic rings. The van der Waals surface area contributed by atoms with Gasteiger partial charge >= 0.3 is 41.5 Å². The number of hydrogen-bond donors (Lipinski definition) is 1. The molecule has 1 N–H and O–H groups in total. The summed E-state index contributed by atoms with van der Waals surface area (Å²) < 4.78 is 46.6. The molecule has 0 saturated carbocycles. The van der Waals surface area contributed by atoms with Crippen molar-refractivity contribution in [3.63, 3.8) is 0 Å². The third-order valence-electron chi connectivity index (χ3n) is 3.02. The SMILES string of the molecule is COC(=O)c1cc(Oc2ccc[c-]c2S(=O)(=O)O)cc(C(=O)OC)c1.[Na+]. The first kappa shape index (κ1) is 22.1. The van der Waals surface area contributed by atoms with Gasteiger partial charge in [-0.3, -0.25) is 4.55 Å². The fraction of sp³-hybridized carbons (Fsp3) is 0.125. The normalized spacial score (nSPS) is 10.4. The maximum Gasteiger partial charge on any atom is 1.00 e. The molecule has 0 aromatic heterocycles. The minimum atomic E-state index is -4.58. The van der Waals surface area contributed by atoms with Crippen LogP contribution in [0.15, 0.2) is 41.3 Å². The summed E-state index contributed by atoms with van der Waals surface area (Å²) in [4.78, 5) is 22.9. The molecule has 132 valence electrons. The molecule has 0 spiro atoms. The Hall–Kier alpha value is -1.91. The number of hydrogen-bond acceptors (Lipinski definition) is 7. The first-order valence-electron chi connectivity index (χ1n) is 6.74. The summed E-state index contributed by atoms with van der Waals surface area (Å²) in [5, 5.41) is 0. The minimum Gasteiger partial charge on any atom is -0.515 e. The van der Waals surface area contributed by atoms with Crippen molar-refractivity contribution in [2.45, 2.75) is 4.90 Å². The van der Waals surface area contributed by atoms with E-state index in [1.165, 1.54) is 36.4 Å². The molecule has 0 radical (unpaired) electrons. The number of carbonyl (C=O) groups is 2. The molecule has 0 unspecified atom stereocenters. The van der Waals surface area contributed by atoms with Gasteiger partial charge < -0.3 is 14.2 Å². The van der Waals surface area contributed by atoms with Crippen molar-refractivity contribution in [1.29, 1.82) is 0 Å². The summed E-state index contributed by atoms with van der Waals surface area (Å²) in [7, 11) is -2.25. The molecular weight excluding hydrogens is 375 g/mol. The van der Waals surface area contributed by atoms with Crippen LogP contribution in [0.3, 0.4) is 0 Å². The predicted molar refractivity (Wildman–Crippen MR) is 84.3 cm³/mol. The van der Waals surface area contributed by atoms with Crippen molar-refractivity contribution in [2.24, 2.45) is 0 Å². The summed E-state index contributed by atoms with van der Waals surface area (Å²) in [5.41, 5.74) is -0.0116. The Bertz CT molecular complexity index is 889. The Labute approximate surface area is 172 Å². The number of benzene rings is 2. The summed E-state index contributed by atoms with van der Waals surface area (Å²) in [6, 6.07) is 10.1. The molecule has 0 aliphatic rings. The number of methoxy groups -OCH3 is 2. The van der Waals surface area contributed by atoms with Gasteiger partial charge in [0.05, 0.1) is 25.3 Å². The maximum absolute atomic E-state index is 11.7. The topological polar surface area (TPSA) is 116 Å². The monoisotopic (exact) mass is 388 g/mol. The van der Waals surface area contributed by atoms with Crippen LogP contribution < -0.4 is 34.3 Å². The second-order valence-electron chi connectivity index (χ2n) is 4.67. The smallest absolute Gasteiger partial charge is 0.515 e. The van der Waals surface area contributed by atoms with E-state index in [0.29, 0.717) is 0 Å². The zero-order valence-corrected chi connectivity index (χ0v) is 17.0. The number of rotatable bonds is 5. The molecule has 0 aliphatic carbocycles. The molecule has 0 aliphatic heterocycles. The van der Waals surface area contributed by atoms with Crippen molar-refractivity contribution in [3.8, 4) is 11.5 Å². The van der Waals surface area contributed by atoms with Gasteiger partial charge in [-0.15, -0.1) is 6.07 Å². The van der Waals surface area contributed by atoms with Crippen LogP contribution in [0.5, 0.6) is 11.5 Å². The first-order valence-corrected chi connectivity index (χ1v) is 8.18. The van der Waals surface area contributed by atoms with Gasteiger partial charge in [-0.05, 0) is 18.2 Å². The second kappa shape index (κ2) is 9.15. The summed E-state index contributed by atoms with van der Waals surface area (Å²) in [5.74, 6) is -1.73. The van der Waals surface area contributed by atoms with Gasteiger partial charge in [-0.2, -0.15) is 26.6 Å². The molecule has 0 atom stereocenters. The molecule has 0 amide bonds. The summed E-state index contributed by atoms with van der Waals surface area (Å²) >= 11 is 0. The van der Waals surface area contributed by atoms with E-state index in [0.717, 1.165) is 14.2 Å². The van der Waals surface area contributed by atoms with Crippen LogP contribution in [0, 0.1) is 6.07 Å². The van der Waals surface area contributed by atoms with Crippen LogP contribution in [0.1, 0.15) is 20.7 Å². The molecule has 0 bridgehead atoms. The summed E-state index contributed by atoms with van der Waals surface area (Å²) in [6.07, 6.45) is 0. The van der Waals surface area contributed by atoms with Crippen molar-refractivity contribution >= 4 is 22.1 Å². The Morgan fingerprint density at radius 3 is 2.04 bits per heavy atom. The molecule has 8 nitrogen and oxygen atoms in total. The molecule has 10 heteroatoms.